The van der Waals surface area contributed by atoms with Crippen LogP contribution in [-0.4, -0.2) is 15.6 Å². The Morgan fingerprint density at radius 2 is 2.25 bits per heavy atom. The second-order valence-corrected chi connectivity index (χ2v) is 3.87. The molecule has 0 fully saturated rings. The monoisotopic (exact) mass is 133 g/mol. The van der Waals surface area contributed by atoms with Gasteiger partial charge in [-0.15, -0.1) is 0 Å². The van der Waals surface area contributed by atoms with Crippen LogP contribution < -0.4 is 0 Å². The van der Waals surface area contributed by atoms with Crippen molar-refractivity contribution in [1.82, 2.24) is 0 Å². The first-order valence-electron chi connectivity index (χ1n) is 2.88. The summed E-state index contributed by atoms with van der Waals surface area (Å²) in [6.45, 7) is 7.57. The second kappa shape index (κ2) is 4.21. The Morgan fingerprint density at radius 3 is 2.38 bits per heavy atom. The number of hydrogen-bond donors (Lipinski definition) is 0. The molecule has 0 amide bonds. The fourth-order valence-electron chi connectivity index (χ4n) is 0.402. The molecule has 2 unspecified atom stereocenters. The molecule has 0 heterocycles. The lowest BCUT2D eigenvalue weighted by Gasteiger charge is -2.12. The first kappa shape index (κ1) is 8.31. The summed E-state index contributed by atoms with van der Waals surface area (Å²) in [6, 6.07) is 0. The lowest BCUT2D eigenvalue weighted by molar-refractivity contribution is 0.588. The van der Waals surface area contributed by atoms with Gasteiger partial charge in [-0.3, -0.25) is 0 Å². The summed E-state index contributed by atoms with van der Waals surface area (Å²) in [6.07, 6.45) is 0.993. The van der Waals surface area contributed by atoms with Crippen LogP contribution in [0.15, 0.2) is 0 Å². The molecule has 0 saturated heterocycles. The molecule has 0 aliphatic rings. The number of rotatable bonds is 3. The zero-order chi connectivity index (χ0) is 6.57. The highest BCUT2D eigenvalue weighted by molar-refractivity contribution is 7.92. The van der Waals surface area contributed by atoms with Crippen LogP contribution in [0.3, 0.4) is 0 Å². The maximum absolute atomic E-state index is 10.8. The van der Waals surface area contributed by atoms with Crippen LogP contribution in [0, 0.1) is 6.92 Å². The summed E-state index contributed by atoms with van der Waals surface area (Å²) in [7, 11) is 0. The number of hydrogen-bond acceptors (Lipinski definition) is 1. The summed E-state index contributed by atoms with van der Waals surface area (Å²) in [4.78, 5) is 0. The molecular weight excluding hydrogens is 120 g/mol. The van der Waals surface area contributed by atoms with Gasteiger partial charge in [0.2, 0.25) is 0 Å². The topological polar surface area (TPSA) is 23.1 Å². The Bertz CT molecular complexity index is 54.5. The van der Waals surface area contributed by atoms with E-state index < -0.39 is 11.2 Å². The molecule has 0 aliphatic heterocycles. The van der Waals surface area contributed by atoms with E-state index in [1.807, 2.05) is 13.8 Å². The third-order valence-electron chi connectivity index (χ3n) is 0.854. The van der Waals surface area contributed by atoms with Crippen molar-refractivity contribution in [2.24, 2.45) is 0 Å². The lowest BCUT2D eigenvalue weighted by atomic mass is 10.6. The molecule has 2 heteroatoms. The average molecular weight is 133 g/mol. The minimum atomic E-state index is -0.683. The third kappa shape index (κ3) is 3.33. The van der Waals surface area contributed by atoms with Crippen LogP contribution in [0.25, 0.3) is 0 Å². The molecule has 1 nitrogen and oxygen atoms in total. The predicted octanol–water partition coefficient (Wildman–Crippen LogP) is 1.37. The molecule has 8 heavy (non-hydrogen) atoms. The first-order chi connectivity index (χ1) is 3.68. The van der Waals surface area contributed by atoms with Crippen molar-refractivity contribution in [1.29, 1.82) is 0 Å². The van der Waals surface area contributed by atoms with Crippen molar-refractivity contribution >= 4 is 11.2 Å². The van der Waals surface area contributed by atoms with Crippen LogP contribution >= 0.6 is 0 Å². The SMILES string of the molecule is [CH2]C(C)[S+]([O-])CCC. The van der Waals surface area contributed by atoms with E-state index in [9.17, 15) is 4.55 Å². The van der Waals surface area contributed by atoms with Crippen molar-refractivity contribution in [2.75, 3.05) is 5.75 Å². The minimum absolute atomic E-state index is 0.0925. The van der Waals surface area contributed by atoms with Gasteiger partial charge in [0.1, 0.15) is 11.0 Å². The van der Waals surface area contributed by atoms with Gasteiger partial charge in [0.25, 0.3) is 0 Å². The van der Waals surface area contributed by atoms with Gasteiger partial charge in [0, 0.05) is 0 Å². The van der Waals surface area contributed by atoms with E-state index in [-0.39, 0.29) is 5.25 Å². The smallest absolute Gasteiger partial charge is 0.113 e. The Labute approximate surface area is 54.7 Å². The third-order valence-corrected chi connectivity index (χ3v) is 2.56. The molecule has 0 rings (SSSR count). The molecule has 0 aromatic carbocycles. The molecule has 0 aliphatic carbocycles. The van der Waals surface area contributed by atoms with E-state index >= 15 is 0 Å². The van der Waals surface area contributed by atoms with Gasteiger partial charge in [-0.1, -0.05) is 18.1 Å². The van der Waals surface area contributed by atoms with Crippen molar-refractivity contribution in [3.8, 4) is 0 Å². The summed E-state index contributed by atoms with van der Waals surface area (Å²) in [5.74, 6) is 0.796. The predicted molar refractivity (Wildman–Crippen MR) is 38.1 cm³/mol. The Morgan fingerprint density at radius 1 is 1.75 bits per heavy atom. The average Bonchev–Trinajstić information content (AvgIpc) is 1.67. The fourth-order valence-corrected chi connectivity index (χ4v) is 1.21. The lowest BCUT2D eigenvalue weighted by Crippen LogP contribution is -2.17. The summed E-state index contributed by atoms with van der Waals surface area (Å²) in [5, 5.41) is 0.0925. The molecule has 0 aromatic rings. The summed E-state index contributed by atoms with van der Waals surface area (Å²) in [5.41, 5.74) is 0. The van der Waals surface area contributed by atoms with Gasteiger partial charge in [-0.25, -0.2) is 0 Å². The van der Waals surface area contributed by atoms with Crippen LogP contribution in [0.1, 0.15) is 20.3 Å². The van der Waals surface area contributed by atoms with Gasteiger partial charge >= 0.3 is 0 Å². The van der Waals surface area contributed by atoms with E-state index in [1.54, 1.807) is 0 Å². The highest BCUT2D eigenvalue weighted by Gasteiger charge is 2.07. The molecule has 49 valence electrons. The molecule has 0 bridgehead atoms. The first-order valence-corrected chi connectivity index (χ1v) is 4.27. The van der Waals surface area contributed by atoms with Crippen LogP contribution in [-0.2, 0) is 11.2 Å². The van der Waals surface area contributed by atoms with E-state index in [1.165, 1.54) is 0 Å². The van der Waals surface area contributed by atoms with Crippen LogP contribution in [0.5, 0.6) is 0 Å². The van der Waals surface area contributed by atoms with Gasteiger partial charge in [-0.05, 0) is 20.3 Å². The summed E-state index contributed by atoms with van der Waals surface area (Å²) >= 11 is -0.683. The van der Waals surface area contributed by atoms with Crippen molar-refractivity contribution < 1.29 is 4.55 Å². The van der Waals surface area contributed by atoms with Crippen molar-refractivity contribution in [2.45, 2.75) is 25.5 Å². The molecule has 0 N–H and O–H groups in total. The molecule has 1 radical (unpaired) electrons. The minimum Gasteiger partial charge on any atom is -0.616 e. The molecule has 0 saturated carbocycles. The zero-order valence-corrected chi connectivity index (χ0v) is 6.33. The highest BCUT2D eigenvalue weighted by atomic mass is 32.2. The normalized spacial score (nSPS) is 14.6. The standard InChI is InChI=1S/C6H13OS/c1-4-5-8(7)6(2)3/h6H,2,4-5H2,1,3H3. The molecular formula is C6H13OS. The van der Waals surface area contributed by atoms with Crippen LogP contribution in [0.2, 0.25) is 0 Å². The molecule has 0 spiro atoms. The van der Waals surface area contributed by atoms with Gasteiger partial charge in [0.05, 0.1) is 0 Å². The largest absolute Gasteiger partial charge is 0.616 e. The van der Waals surface area contributed by atoms with E-state index in [0.29, 0.717) is 0 Å². The fraction of sp³-hybridized carbons (Fsp3) is 0.833. The molecule has 2 atom stereocenters. The highest BCUT2D eigenvalue weighted by Crippen LogP contribution is 2.00. The quantitative estimate of drug-likeness (QED) is 0.533. The zero-order valence-electron chi connectivity index (χ0n) is 5.52. The second-order valence-electron chi connectivity index (χ2n) is 1.90. The maximum atomic E-state index is 10.8. The van der Waals surface area contributed by atoms with Gasteiger partial charge in [0.15, 0.2) is 0 Å². The summed E-state index contributed by atoms with van der Waals surface area (Å²) < 4.78 is 10.8. The van der Waals surface area contributed by atoms with E-state index in [2.05, 4.69) is 6.92 Å². The van der Waals surface area contributed by atoms with E-state index in [0.717, 1.165) is 12.2 Å². The van der Waals surface area contributed by atoms with Crippen molar-refractivity contribution in [3.63, 3.8) is 0 Å². The Hall–Kier alpha value is 0.310. The Kier molecular flexibility index (Phi) is 4.38. The van der Waals surface area contributed by atoms with Crippen LogP contribution in [0.4, 0.5) is 0 Å². The molecule has 0 aromatic heterocycles. The van der Waals surface area contributed by atoms with E-state index in [4.69, 9.17) is 0 Å². The van der Waals surface area contributed by atoms with Gasteiger partial charge in [-0.2, -0.15) is 0 Å². The van der Waals surface area contributed by atoms with Gasteiger partial charge < -0.3 is 4.55 Å². The maximum Gasteiger partial charge on any atom is 0.113 e. The Balaban J connectivity index is 3.17. The van der Waals surface area contributed by atoms with Crippen molar-refractivity contribution in [3.05, 3.63) is 6.92 Å².